The molecule has 19 heavy (non-hydrogen) atoms. The molecule has 0 fully saturated rings. The van der Waals surface area contributed by atoms with Gasteiger partial charge in [-0.2, -0.15) is 0 Å². The first-order valence-corrected chi connectivity index (χ1v) is 5.63. The summed E-state index contributed by atoms with van der Waals surface area (Å²) in [6.45, 7) is 0. The van der Waals surface area contributed by atoms with E-state index < -0.39 is 17.4 Å². The number of ketones is 1. The summed E-state index contributed by atoms with van der Waals surface area (Å²) < 4.78 is 31.5. The molecule has 3 rings (SSSR count). The number of rotatable bonds is 2. The largest absolute Gasteiger partial charge is 0.453 e. The molecule has 0 N–H and O–H groups in total. The van der Waals surface area contributed by atoms with Crippen molar-refractivity contribution in [2.24, 2.45) is 0 Å². The van der Waals surface area contributed by atoms with E-state index in [0.717, 1.165) is 6.07 Å². The Morgan fingerprint density at radius 2 is 1.74 bits per heavy atom. The molecule has 94 valence electrons. The Morgan fingerprint density at radius 3 is 2.53 bits per heavy atom. The van der Waals surface area contributed by atoms with Gasteiger partial charge in [-0.1, -0.05) is 12.1 Å². The molecule has 0 radical (unpaired) electrons. The number of furan rings is 1. The predicted octanol–water partition coefficient (Wildman–Crippen LogP) is 3.94. The first kappa shape index (κ1) is 11.6. The van der Waals surface area contributed by atoms with E-state index in [4.69, 9.17) is 4.42 Å². The minimum atomic E-state index is -0.493. The van der Waals surface area contributed by atoms with E-state index >= 15 is 0 Å². The summed E-state index contributed by atoms with van der Waals surface area (Å²) in [6.07, 6.45) is 0. The van der Waals surface area contributed by atoms with Gasteiger partial charge in [0, 0.05) is 10.9 Å². The lowest BCUT2D eigenvalue weighted by Crippen LogP contribution is -1.99. The Balaban J connectivity index is 2.06. The highest BCUT2D eigenvalue weighted by atomic mass is 19.1. The fourth-order valence-electron chi connectivity index (χ4n) is 1.90. The molecule has 0 aliphatic carbocycles. The fourth-order valence-corrected chi connectivity index (χ4v) is 1.90. The van der Waals surface area contributed by atoms with Crippen LogP contribution in [0, 0.1) is 11.6 Å². The van der Waals surface area contributed by atoms with E-state index in [-0.39, 0.29) is 11.3 Å². The number of benzene rings is 2. The van der Waals surface area contributed by atoms with Crippen LogP contribution >= 0.6 is 0 Å². The first-order valence-electron chi connectivity index (χ1n) is 5.63. The summed E-state index contributed by atoms with van der Waals surface area (Å²) in [5.74, 6) is -1.27. The van der Waals surface area contributed by atoms with Crippen molar-refractivity contribution < 1.29 is 18.0 Å². The minimum Gasteiger partial charge on any atom is -0.453 e. The number of carbonyl (C=O) groups excluding carboxylic acids is 1. The van der Waals surface area contributed by atoms with Crippen molar-refractivity contribution in [3.8, 4) is 0 Å². The van der Waals surface area contributed by atoms with Gasteiger partial charge in [-0.05, 0) is 36.4 Å². The molecule has 1 heterocycles. The second-order valence-electron chi connectivity index (χ2n) is 4.13. The highest BCUT2D eigenvalue weighted by molar-refractivity contribution is 6.08. The van der Waals surface area contributed by atoms with Gasteiger partial charge < -0.3 is 4.42 Å². The Labute approximate surface area is 107 Å². The molecule has 0 aliphatic heterocycles. The summed E-state index contributed by atoms with van der Waals surface area (Å²) in [4.78, 5) is 12.1. The molecule has 2 nitrogen and oxygen atoms in total. The van der Waals surface area contributed by atoms with Crippen LogP contribution in [0.1, 0.15) is 16.1 Å². The van der Waals surface area contributed by atoms with Gasteiger partial charge >= 0.3 is 0 Å². The van der Waals surface area contributed by atoms with Crippen LogP contribution in [0.4, 0.5) is 8.78 Å². The third kappa shape index (κ3) is 2.12. The quantitative estimate of drug-likeness (QED) is 0.652. The maximum atomic E-state index is 13.1. The molecule has 0 unspecified atom stereocenters. The zero-order valence-electron chi connectivity index (χ0n) is 9.69. The lowest BCUT2D eigenvalue weighted by atomic mass is 10.1. The van der Waals surface area contributed by atoms with Crippen molar-refractivity contribution in [2.75, 3.05) is 0 Å². The third-order valence-electron chi connectivity index (χ3n) is 2.79. The summed E-state index contributed by atoms with van der Waals surface area (Å²) in [5, 5.41) is 0.500. The lowest BCUT2D eigenvalue weighted by Gasteiger charge is -1.96. The van der Waals surface area contributed by atoms with E-state index in [2.05, 4.69) is 0 Å². The topological polar surface area (TPSA) is 30.2 Å². The van der Waals surface area contributed by atoms with Crippen LogP contribution in [0.3, 0.4) is 0 Å². The molecule has 0 atom stereocenters. The van der Waals surface area contributed by atoms with Crippen LogP contribution in [-0.2, 0) is 0 Å². The molecule has 0 spiro atoms. The molecule has 3 aromatic rings. The fraction of sp³-hybridized carbons (Fsp3) is 0. The van der Waals surface area contributed by atoms with Crippen LogP contribution in [0.25, 0.3) is 11.0 Å². The summed E-state index contributed by atoms with van der Waals surface area (Å²) >= 11 is 0. The second kappa shape index (κ2) is 4.31. The van der Waals surface area contributed by atoms with Gasteiger partial charge in [-0.25, -0.2) is 8.78 Å². The van der Waals surface area contributed by atoms with Crippen LogP contribution in [-0.4, -0.2) is 5.78 Å². The first-order chi connectivity index (χ1) is 9.13. The van der Waals surface area contributed by atoms with Crippen LogP contribution in [0.5, 0.6) is 0 Å². The van der Waals surface area contributed by atoms with E-state index in [1.54, 1.807) is 0 Å². The van der Waals surface area contributed by atoms with Crippen LogP contribution in [0.15, 0.2) is 52.9 Å². The molecule has 4 heteroatoms. The molecular formula is C15H8F2O2. The standard InChI is InChI=1S/C15H8F2O2/c16-11-3-1-2-9(6-11)15(18)14-8-10-7-12(17)4-5-13(10)19-14/h1-8H. The molecule has 0 aliphatic rings. The SMILES string of the molecule is O=C(c1cccc(F)c1)c1cc2cc(F)ccc2o1. The van der Waals surface area contributed by atoms with Gasteiger partial charge in [0.2, 0.25) is 5.78 Å². The average molecular weight is 258 g/mol. The predicted molar refractivity (Wildman–Crippen MR) is 66.0 cm³/mol. The summed E-state index contributed by atoms with van der Waals surface area (Å²) in [7, 11) is 0. The van der Waals surface area contributed by atoms with Crippen molar-refractivity contribution in [2.45, 2.75) is 0 Å². The van der Waals surface area contributed by atoms with Gasteiger partial charge in [0.25, 0.3) is 0 Å². The zero-order valence-corrected chi connectivity index (χ0v) is 9.69. The minimum absolute atomic E-state index is 0.0613. The number of hydrogen-bond acceptors (Lipinski definition) is 2. The molecule has 0 amide bonds. The normalized spacial score (nSPS) is 10.8. The number of carbonyl (C=O) groups is 1. The van der Waals surface area contributed by atoms with Crippen LogP contribution in [0.2, 0.25) is 0 Å². The van der Waals surface area contributed by atoms with Crippen molar-refractivity contribution in [1.82, 2.24) is 0 Å². The van der Waals surface area contributed by atoms with Gasteiger partial charge in [0.1, 0.15) is 17.2 Å². The van der Waals surface area contributed by atoms with Crippen molar-refractivity contribution >= 4 is 16.8 Å². The Bertz CT molecular complexity index is 775. The monoisotopic (exact) mass is 258 g/mol. The second-order valence-corrected chi connectivity index (χ2v) is 4.13. The maximum absolute atomic E-state index is 13.1. The third-order valence-corrected chi connectivity index (χ3v) is 2.79. The Kier molecular flexibility index (Phi) is 2.63. The average Bonchev–Trinajstić information content (AvgIpc) is 2.80. The molecule has 0 saturated heterocycles. The van der Waals surface area contributed by atoms with E-state index in [1.807, 2.05) is 0 Å². The smallest absolute Gasteiger partial charge is 0.228 e. The van der Waals surface area contributed by atoms with Gasteiger partial charge in [-0.15, -0.1) is 0 Å². The van der Waals surface area contributed by atoms with Gasteiger partial charge in [0.15, 0.2) is 5.76 Å². The number of fused-ring (bicyclic) bond motifs is 1. The van der Waals surface area contributed by atoms with Crippen molar-refractivity contribution in [3.63, 3.8) is 0 Å². The van der Waals surface area contributed by atoms with Gasteiger partial charge in [-0.3, -0.25) is 4.79 Å². The lowest BCUT2D eigenvalue weighted by molar-refractivity contribution is 0.101. The van der Waals surface area contributed by atoms with Crippen LogP contribution < -0.4 is 0 Å². The van der Waals surface area contributed by atoms with Crippen molar-refractivity contribution in [1.29, 1.82) is 0 Å². The molecule has 2 aromatic carbocycles. The number of halogens is 2. The summed E-state index contributed by atoms with van der Waals surface area (Å²) in [5.41, 5.74) is 0.612. The van der Waals surface area contributed by atoms with E-state index in [9.17, 15) is 13.6 Å². The Morgan fingerprint density at radius 1 is 0.947 bits per heavy atom. The molecule has 0 saturated carbocycles. The van der Waals surface area contributed by atoms with E-state index in [1.165, 1.54) is 42.5 Å². The molecular weight excluding hydrogens is 250 g/mol. The molecule has 1 aromatic heterocycles. The molecule has 0 bridgehead atoms. The highest BCUT2D eigenvalue weighted by Crippen LogP contribution is 2.22. The van der Waals surface area contributed by atoms with E-state index in [0.29, 0.717) is 11.0 Å². The zero-order chi connectivity index (χ0) is 13.4. The maximum Gasteiger partial charge on any atom is 0.228 e. The Hall–Kier alpha value is -2.49. The van der Waals surface area contributed by atoms with Crippen molar-refractivity contribution in [3.05, 3.63) is 71.5 Å². The van der Waals surface area contributed by atoms with Gasteiger partial charge in [0.05, 0.1) is 0 Å². The highest BCUT2D eigenvalue weighted by Gasteiger charge is 2.15. The number of hydrogen-bond donors (Lipinski definition) is 0. The summed E-state index contributed by atoms with van der Waals surface area (Å²) in [6, 6.07) is 10.8.